The first kappa shape index (κ1) is 31.1. The van der Waals surface area contributed by atoms with Crippen molar-refractivity contribution in [3.05, 3.63) is 86.9 Å². The van der Waals surface area contributed by atoms with Crippen LogP contribution >= 0.6 is 23.2 Å². The van der Waals surface area contributed by atoms with E-state index >= 15 is 0 Å². The minimum atomic E-state index is -0.901. The van der Waals surface area contributed by atoms with Crippen molar-refractivity contribution in [1.29, 1.82) is 0 Å². The first-order chi connectivity index (χ1) is 22.0. The van der Waals surface area contributed by atoms with Gasteiger partial charge in [0, 0.05) is 49.1 Å². The van der Waals surface area contributed by atoms with Gasteiger partial charge in [-0.25, -0.2) is 9.97 Å². The van der Waals surface area contributed by atoms with E-state index in [-0.39, 0.29) is 39.2 Å². The molecule has 0 spiro atoms. The molecule has 12 nitrogen and oxygen atoms in total. The molecule has 1 saturated heterocycles. The highest BCUT2D eigenvalue weighted by molar-refractivity contribution is 6.34. The summed E-state index contributed by atoms with van der Waals surface area (Å²) in [5.41, 5.74) is 6.69. The topological polar surface area (TPSA) is 162 Å². The fourth-order valence-corrected chi connectivity index (χ4v) is 6.08. The molecule has 46 heavy (non-hydrogen) atoms. The molecule has 6 rings (SSSR count). The molecular weight excluding hydrogens is 631 g/mol. The number of H-pyrrole nitrogens is 1. The van der Waals surface area contributed by atoms with Crippen molar-refractivity contribution >= 4 is 57.6 Å². The third-order valence-corrected chi connectivity index (χ3v) is 8.56. The van der Waals surface area contributed by atoms with E-state index in [1.54, 1.807) is 24.4 Å². The number of nitrogens with two attached hydrogens (primary N) is 1. The number of carbonyl (C=O) groups excluding carboxylic acids is 2. The number of hydrogen-bond acceptors (Lipinski definition) is 8. The molecule has 4 heterocycles. The molecule has 2 amide bonds. The van der Waals surface area contributed by atoms with Gasteiger partial charge in [0.05, 0.1) is 32.9 Å². The Bertz CT molecular complexity index is 2050. The number of rotatable bonds is 7. The highest BCUT2D eigenvalue weighted by Crippen LogP contribution is 2.36. The lowest BCUT2D eigenvalue weighted by Crippen LogP contribution is -2.50. The number of anilines is 2. The monoisotopic (exact) mass is 660 g/mol. The van der Waals surface area contributed by atoms with Crippen molar-refractivity contribution in [3.63, 3.8) is 0 Å². The number of fused-ring (bicyclic) bond motifs is 1. The van der Waals surface area contributed by atoms with Crippen LogP contribution in [0, 0.1) is 0 Å². The van der Waals surface area contributed by atoms with Crippen LogP contribution < -0.4 is 21.5 Å². The molecule has 0 aliphatic carbocycles. The molecule has 0 saturated carbocycles. The number of nitrogens with one attached hydrogen (secondary N) is 2. The smallest absolute Gasteiger partial charge is 0.261 e. The molecule has 1 aliphatic rings. The number of carbonyl (C=O) groups is 2. The molecule has 1 fully saturated rings. The molecule has 1 atom stereocenters. The van der Waals surface area contributed by atoms with E-state index in [0.29, 0.717) is 34.0 Å². The lowest BCUT2D eigenvalue weighted by atomic mass is 10.0. The number of piperazine rings is 1. The molecular formula is C32H30Cl2N8O4. The number of amides is 2. The van der Waals surface area contributed by atoms with Gasteiger partial charge in [-0.3, -0.25) is 14.4 Å². The minimum absolute atomic E-state index is 0.131. The first-order valence-corrected chi connectivity index (χ1v) is 15.2. The van der Waals surface area contributed by atoms with Crippen LogP contribution in [0.15, 0.2) is 65.7 Å². The average molecular weight is 662 g/mol. The summed E-state index contributed by atoms with van der Waals surface area (Å²) in [6.07, 6.45) is 3.08. The summed E-state index contributed by atoms with van der Waals surface area (Å²) in [6, 6.07) is 13.8. The van der Waals surface area contributed by atoms with E-state index in [0.717, 1.165) is 19.6 Å². The Balaban J connectivity index is 1.40. The minimum Gasteiger partial charge on any atom is -0.506 e. The second-order valence-corrected chi connectivity index (χ2v) is 12.1. The van der Waals surface area contributed by atoms with Gasteiger partial charge in [-0.2, -0.15) is 0 Å². The van der Waals surface area contributed by atoms with Gasteiger partial charge in [0.1, 0.15) is 29.6 Å². The number of nitrogens with zero attached hydrogens (tertiary/aromatic N) is 5. The maximum Gasteiger partial charge on any atom is 0.261 e. The number of aromatic amines is 1. The second-order valence-electron chi connectivity index (χ2n) is 11.2. The summed E-state index contributed by atoms with van der Waals surface area (Å²) < 4.78 is 1.53. The predicted octanol–water partition coefficient (Wildman–Crippen LogP) is 4.34. The molecule has 5 aromatic rings. The molecule has 236 valence electrons. The van der Waals surface area contributed by atoms with Crippen molar-refractivity contribution in [3.8, 4) is 28.3 Å². The van der Waals surface area contributed by atoms with Crippen molar-refractivity contribution in [2.24, 2.45) is 5.73 Å². The van der Waals surface area contributed by atoms with Crippen molar-refractivity contribution in [2.45, 2.75) is 19.5 Å². The number of likely N-dealkylation sites (N-methyl/N-ethyl adjacent to an activating group) is 1. The van der Waals surface area contributed by atoms with Crippen LogP contribution in [0.5, 0.6) is 5.75 Å². The molecule has 0 radical (unpaired) electrons. The Morgan fingerprint density at radius 1 is 1.11 bits per heavy atom. The third kappa shape index (κ3) is 6.02. The van der Waals surface area contributed by atoms with E-state index in [1.165, 1.54) is 22.9 Å². The van der Waals surface area contributed by atoms with Crippen molar-refractivity contribution in [1.82, 2.24) is 24.4 Å². The largest absolute Gasteiger partial charge is 0.506 e. The highest BCUT2D eigenvalue weighted by atomic mass is 35.5. The lowest BCUT2D eigenvalue weighted by molar-refractivity contribution is -0.116. The number of benzene rings is 2. The number of hydrogen-bond donors (Lipinski definition) is 4. The number of pyridine rings is 1. The van der Waals surface area contributed by atoms with E-state index in [1.807, 2.05) is 18.2 Å². The van der Waals surface area contributed by atoms with Crippen LogP contribution in [0.2, 0.25) is 10.0 Å². The summed E-state index contributed by atoms with van der Waals surface area (Å²) in [5, 5.41) is 13.5. The highest BCUT2D eigenvalue weighted by Gasteiger charge is 2.25. The fraction of sp³-hybridized carbons (Fsp3) is 0.219. The molecule has 5 N–H and O–H groups in total. The standard InChI is InChI=1S/C32H30Cl2N8O4/c1-17-14-40(2)8-9-42(17)25-12-24(23(34)13-36-25)37-26(43)16-41-15-21(19-10-20(29(35)45)28(44)22(33)11-19)27-31(41)38-30(39-32(27)46)18-6-4-3-5-7-18/h3-7,10-13,15,17,44H,8-9,14,16H2,1-2H3,(H2,35,45)(H,36,37,43)(H,38,39,46)/t17-/m0/s1. The zero-order chi connectivity index (χ0) is 32.7. The van der Waals surface area contributed by atoms with Crippen LogP contribution in [0.1, 0.15) is 17.3 Å². The Labute approximate surface area is 273 Å². The maximum atomic E-state index is 13.6. The van der Waals surface area contributed by atoms with Crippen LogP contribution in [-0.2, 0) is 11.3 Å². The first-order valence-electron chi connectivity index (χ1n) is 14.4. The van der Waals surface area contributed by atoms with Gasteiger partial charge < -0.3 is 35.5 Å². The predicted molar refractivity (Wildman–Crippen MR) is 179 cm³/mol. The van der Waals surface area contributed by atoms with E-state index in [2.05, 4.69) is 39.1 Å². The van der Waals surface area contributed by atoms with Crippen LogP contribution in [-0.4, -0.2) is 74.1 Å². The normalized spacial score (nSPS) is 15.3. The van der Waals surface area contributed by atoms with Crippen molar-refractivity contribution in [2.75, 3.05) is 36.9 Å². The van der Waals surface area contributed by atoms with Gasteiger partial charge in [0.15, 0.2) is 0 Å². The van der Waals surface area contributed by atoms with E-state index in [9.17, 15) is 19.5 Å². The zero-order valence-corrected chi connectivity index (χ0v) is 26.4. The van der Waals surface area contributed by atoms with Gasteiger partial charge >= 0.3 is 0 Å². The lowest BCUT2D eigenvalue weighted by Gasteiger charge is -2.39. The van der Waals surface area contributed by atoms with Gasteiger partial charge in [-0.05, 0) is 31.7 Å². The van der Waals surface area contributed by atoms with Crippen molar-refractivity contribution < 1.29 is 14.7 Å². The maximum absolute atomic E-state index is 13.6. The number of halogens is 2. The fourth-order valence-electron chi connectivity index (χ4n) is 5.71. The van der Waals surface area contributed by atoms with Gasteiger partial charge in [0.2, 0.25) is 5.91 Å². The Morgan fingerprint density at radius 2 is 1.87 bits per heavy atom. The van der Waals surface area contributed by atoms with Crippen LogP contribution in [0.3, 0.4) is 0 Å². The molecule has 2 aromatic carbocycles. The summed E-state index contributed by atoms with van der Waals surface area (Å²) in [6.45, 7) is 4.41. The molecule has 14 heteroatoms. The molecule has 0 unspecified atom stereocenters. The quantitative estimate of drug-likeness (QED) is 0.200. The zero-order valence-electron chi connectivity index (χ0n) is 24.9. The number of aromatic hydroxyl groups is 1. The van der Waals surface area contributed by atoms with Crippen LogP contribution in [0.4, 0.5) is 11.5 Å². The Morgan fingerprint density at radius 3 is 2.59 bits per heavy atom. The number of primary amides is 1. The van der Waals surface area contributed by atoms with Gasteiger partial charge in [-0.15, -0.1) is 0 Å². The summed E-state index contributed by atoms with van der Waals surface area (Å²) >= 11 is 12.7. The number of aromatic nitrogens is 4. The summed E-state index contributed by atoms with van der Waals surface area (Å²) in [5.74, 6) is -0.807. The van der Waals surface area contributed by atoms with E-state index < -0.39 is 23.1 Å². The van der Waals surface area contributed by atoms with Gasteiger partial charge in [-0.1, -0.05) is 53.5 Å². The Kier molecular flexibility index (Phi) is 8.43. The Hall–Kier alpha value is -4.91. The summed E-state index contributed by atoms with van der Waals surface area (Å²) in [7, 11) is 2.07. The van der Waals surface area contributed by atoms with E-state index in [4.69, 9.17) is 33.9 Å². The van der Waals surface area contributed by atoms with Gasteiger partial charge in [0.25, 0.3) is 11.5 Å². The molecule has 1 aliphatic heterocycles. The average Bonchev–Trinajstić information content (AvgIpc) is 3.38. The van der Waals surface area contributed by atoms with Crippen LogP contribution in [0.25, 0.3) is 33.5 Å². The number of phenols is 1. The third-order valence-electron chi connectivity index (χ3n) is 7.97. The molecule has 3 aromatic heterocycles. The molecule has 0 bridgehead atoms. The SMILES string of the molecule is C[C@H]1CN(C)CCN1c1cc(NC(=O)Cn2cc(-c3cc(Cl)c(O)c(C(N)=O)c3)c3c(=O)[nH]c(-c4ccccc4)nc32)c(Cl)cn1. The second kappa shape index (κ2) is 12.5. The summed E-state index contributed by atoms with van der Waals surface area (Å²) in [4.78, 5) is 55.6.